The Morgan fingerprint density at radius 3 is 1.76 bits per heavy atom. The lowest BCUT2D eigenvalue weighted by molar-refractivity contribution is 0.527. The molecule has 2 aromatic rings. The molecule has 2 bridgehead atoms. The maximum atomic E-state index is 6.57. The second kappa shape index (κ2) is 3.36. The van der Waals surface area contributed by atoms with E-state index in [9.17, 15) is 0 Å². The first-order valence-corrected chi connectivity index (χ1v) is 6.61. The van der Waals surface area contributed by atoms with Crippen LogP contribution in [0.25, 0.3) is 0 Å². The van der Waals surface area contributed by atoms with E-state index in [1.807, 2.05) is 0 Å². The predicted octanol–water partition coefficient (Wildman–Crippen LogP) is 4.27. The number of fused-ring (bicyclic) bond motifs is 1. The van der Waals surface area contributed by atoms with Gasteiger partial charge in [0.05, 0.1) is 0 Å². The summed E-state index contributed by atoms with van der Waals surface area (Å²) in [7, 11) is 0. The van der Waals surface area contributed by atoms with Crippen LogP contribution in [0.15, 0.2) is 48.5 Å². The summed E-state index contributed by atoms with van der Waals surface area (Å²) in [5.74, 6) is 0.906. The van der Waals surface area contributed by atoms with Crippen molar-refractivity contribution in [1.82, 2.24) is 0 Å². The average Bonchev–Trinajstić information content (AvgIpc) is 2.39. The van der Waals surface area contributed by atoms with Crippen LogP contribution in [-0.2, 0) is 0 Å². The van der Waals surface area contributed by atoms with Gasteiger partial charge in [-0.25, -0.2) is 0 Å². The number of hydrogen-bond acceptors (Lipinski definition) is 0. The second-order valence-corrected chi connectivity index (χ2v) is 5.60. The number of rotatable bonds is 0. The standard InChI is InChI=1S/C16H13Cl/c17-15-9-14-10-5-1-3-7-12(10)16(15)13-8-4-2-6-11(13)14/h1-8,14-16H,9H2. The summed E-state index contributed by atoms with van der Waals surface area (Å²) in [5, 5.41) is 0.254. The van der Waals surface area contributed by atoms with Crippen LogP contribution < -0.4 is 0 Å². The first-order valence-electron chi connectivity index (χ1n) is 6.18. The highest BCUT2D eigenvalue weighted by Gasteiger charge is 2.41. The molecule has 0 spiro atoms. The Morgan fingerprint density at radius 1 is 0.765 bits per heavy atom. The highest BCUT2D eigenvalue weighted by Crippen LogP contribution is 2.54. The molecule has 2 aromatic carbocycles. The van der Waals surface area contributed by atoms with Crippen molar-refractivity contribution in [3.63, 3.8) is 0 Å². The zero-order chi connectivity index (χ0) is 11.4. The van der Waals surface area contributed by atoms with Crippen LogP contribution in [0.1, 0.15) is 40.5 Å². The maximum Gasteiger partial charge on any atom is 0.0454 e. The second-order valence-electron chi connectivity index (χ2n) is 5.04. The van der Waals surface area contributed by atoms with Crippen molar-refractivity contribution < 1.29 is 0 Å². The van der Waals surface area contributed by atoms with Gasteiger partial charge in [-0.05, 0) is 28.7 Å². The first kappa shape index (κ1) is 9.73. The fourth-order valence-electron chi connectivity index (χ4n) is 3.56. The van der Waals surface area contributed by atoms with E-state index in [2.05, 4.69) is 48.5 Å². The van der Waals surface area contributed by atoms with Crippen LogP contribution in [-0.4, -0.2) is 5.38 Å². The van der Waals surface area contributed by atoms with Crippen molar-refractivity contribution in [3.05, 3.63) is 70.8 Å². The lowest BCUT2D eigenvalue weighted by Gasteiger charge is -2.43. The third-order valence-electron chi connectivity index (χ3n) is 4.24. The summed E-state index contributed by atoms with van der Waals surface area (Å²) < 4.78 is 0. The fraction of sp³-hybridized carbons (Fsp3) is 0.250. The van der Waals surface area contributed by atoms with Gasteiger partial charge < -0.3 is 0 Å². The molecule has 0 N–H and O–H groups in total. The Labute approximate surface area is 106 Å². The number of hydrogen-bond donors (Lipinski definition) is 0. The number of halogens is 1. The number of alkyl halides is 1. The van der Waals surface area contributed by atoms with Gasteiger partial charge in [0.2, 0.25) is 0 Å². The highest BCUT2D eigenvalue weighted by molar-refractivity contribution is 6.21. The molecule has 1 heteroatoms. The fourth-order valence-corrected chi connectivity index (χ4v) is 4.01. The molecule has 0 saturated heterocycles. The third kappa shape index (κ3) is 1.19. The molecular weight excluding hydrogens is 228 g/mol. The van der Waals surface area contributed by atoms with Gasteiger partial charge in [-0.1, -0.05) is 48.5 Å². The largest absolute Gasteiger partial charge is 0.122 e. The highest BCUT2D eigenvalue weighted by atomic mass is 35.5. The Kier molecular flexibility index (Phi) is 1.93. The van der Waals surface area contributed by atoms with E-state index in [4.69, 9.17) is 11.6 Å². The summed E-state index contributed by atoms with van der Waals surface area (Å²) in [4.78, 5) is 0. The summed E-state index contributed by atoms with van der Waals surface area (Å²) in [6, 6.07) is 17.6. The third-order valence-corrected chi connectivity index (χ3v) is 4.67. The molecule has 17 heavy (non-hydrogen) atoms. The molecule has 0 radical (unpaired) electrons. The molecule has 0 saturated carbocycles. The van der Waals surface area contributed by atoms with Gasteiger partial charge in [0, 0.05) is 17.2 Å². The summed E-state index contributed by atoms with van der Waals surface area (Å²) in [5.41, 5.74) is 5.88. The summed E-state index contributed by atoms with van der Waals surface area (Å²) in [6.45, 7) is 0. The van der Waals surface area contributed by atoms with Crippen molar-refractivity contribution in [2.24, 2.45) is 0 Å². The van der Waals surface area contributed by atoms with E-state index >= 15 is 0 Å². The smallest absolute Gasteiger partial charge is 0.0454 e. The maximum absolute atomic E-state index is 6.57. The van der Waals surface area contributed by atoms with Gasteiger partial charge in [-0.2, -0.15) is 0 Å². The Balaban J connectivity index is 2.04. The van der Waals surface area contributed by atoms with E-state index in [0.717, 1.165) is 6.42 Å². The molecule has 1 atom stereocenters. The van der Waals surface area contributed by atoms with Crippen LogP contribution in [0, 0.1) is 0 Å². The number of benzene rings is 2. The molecule has 1 unspecified atom stereocenters. The van der Waals surface area contributed by atoms with Crippen molar-refractivity contribution in [3.8, 4) is 0 Å². The van der Waals surface area contributed by atoms with E-state index in [1.54, 1.807) is 0 Å². The van der Waals surface area contributed by atoms with Gasteiger partial charge in [0.15, 0.2) is 0 Å². The minimum Gasteiger partial charge on any atom is -0.122 e. The SMILES string of the molecule is ClC1CC2c3ccccc3C1c1ccccc12. The molecule has 84 valence electrons. The van der Waals surface area contributed by atoms with Crippen LogP contribution in [0.5, 0.6) is 0 Å². The topological polar surface area (TPSA) is 0 Å². The molecule has 0 aliphatic heterocycles. The molecule has 0 aromatic heterocycles. The quantitative estimate of drug-likeness (QED) is 0.603. The molecule has 5 rings (SSSR count). The van der Waals surface area contributed by atoms with Crippen LogP contribution in [0.2, 0.25) is 0 Å². The Morgan fingerprint density at radius 2 is 1.24 bits per heavy atom. The van der Waals surface area contributed by atoms with Crippen LogP contribution in [0.3, 0.4) is 0 Å². The van der Waals surface area contributed by atoms with E-state index < -0.39 is 0 Å². The van der Waals surface area contributed by atoms with Gasteiger partial charge >= 0.3 is 0 Å². The minimum absolute atomic E-state index is 0.254. The van der Waals surface area contributed by atoms with Gasteiger partial charge in [0.25, 0.3) is 0 Å². The van der Waals surface area contributed by atoms with Crippen molar-refractivity contribution in [2.45, 2.75) is 23.6 Å². The van der Waals surface area contributed by atoms with Crippen molar-refractivity contribution >= 4 is 11.6 Å². The first-order chi connectivity index (χ1) is 8.36. The molecule has 0 amide bonds. The van der Waals surface area contributed by atoms with E-state index in [-0.39, 0.29) is 5.38 Å². The molecule has 3 aliphatic rings. The van der Waals surface area contributed by atoms with Crippen LogP contribution >= 0.6 is 11.6 Å². The van der Waals surface area contributed by atoms with Crippen LogP contribution in [0.4, 0.5) is 0 Å². The van der Waals surface area contributed by atoms with Gasteiger partial charge in [-0.3, -0.25) is 0 Å². The zero-order valence-electron chi connectivity index (χ0n) is 9.44. The summed E-state index contributed by atoms with van der Waals surface area (Å²) in [6.07, 6.45) is 1.08. The van der Waals surface area contributed by atoms with Crippen molar-refractivity contribution in [2.75, 3.05) is 0 Å². The average molecular weight is 241 g/mol. The van der Waals surface area contributed by atoms with E-state index in [1.165, 1.54) is 22.3 Å². The molecule has 0 nitrogen and oxygen atoms in total. The Bertz CT molecular complexity index is 540. The van der Waals surface area contributed by atoms with E-state index in [0.29, 0.717) is 11.8 Å². The molecule has 3 aliphatic carbocycles. The molecule has 0 heterocycles. The van der Waals surface area contributed by atoms with Crippen molar-refractivity contribution in [1.29, 1.82) is 0 Å². The lowest BCUT2D eigenvalue weighted by atomic mass is 9.64. The molecular formula is C16H13Cl. The normalized spacial score (nSPS) is 28.6. The van der Waals surface area contributed by atoms with Gasteiger partial charge in [0.1, 0.15) is 0 Å². The zero-order valence-corrected chi connectivity index (χ0v) is 10.2. The summed E-state index contributed by atoms with van der Waals surface area (Å²) >= 11 is 6.57. The predicted molar refractivity (Wildman–Crippen MR) is 70.8 cm³/mol. The minimum atomic E-state index is 0.254. The molecule has 0 fully saturated rings. The lowest BCUT2D eigenvalue weighted by Crippen LogP contribution is -2.32. The monoisotopic (exact) mass is 240 g/mol. The van der Waals surface area contributed by atoms with Gasteiger partial charge in [-0.15, -0.1) is 11.6 Å². The Hall–Kier alpha value is -1.27.